The third-order valence-electron chi connectivity index (χ3n) is 4.19. The van der Waals surface area contributed by atoms with Crippen molar-refractivity contribution in [3.8, 4) is 0 Å². The maximum absolute atomic E-state index is 6.28. The van der Waals surface area contributed by atoms with Crippen LogP contribution in [0, 0.1) is 6.92 Å². The summed E-state index contributed by atoms with van der Waals surface area (Å²) in [7, 11) is -2.03. The first-order valence-corrected chi connectivity index (χ1v) is 11.4. The van der Waals surface area contributed by atoms with Gasteiger partial charge in [0.05, 0.1) is 0 Å². The Hall–Kier alpha value is 0.00688. The number of halogens is 3. The molecule has 0 aliphatic rings. The molecule has 0 bridgehead atoms. The molecule has 1 aromatic rings. The van der Waals surface area contributed by atoms with Gasteiger partial charge in [-0.25, -0.2) is 0 Å². The third kappa shape index (κ3) is 5.57. The Morgan fingerprint density at radius 2 is 1.64 bits per heavy atom. The van der Waals surface area contributed by atoms with Crippen molar-refractivity contribution in [2.24, 2.45) is 0 Å². The highest BCUT2D eigenvalue weighted by Gasteiger charge is 2.43. The summed E-state index contributed by atoms with van der Waals surface area (Å²) < 4.78 is 4.79. The molecule has 1 aromatic carbocycles. The minimum absolute atomic E-state index is 0.0532. The Bertz CT molecular complexity index is 527. The van der Waals surface area contributed by atoms with Crippen molar-refractivity contribution in [1.82, 2.24) is 0 Å². The topological polar surface area (TPSA) is 9.23 Å². The SMILES string of the molecule is Cc1ccccc1/C=C/[C@H](O[Si](C)(C)C(C)(C)C)C(Cl)(Cl)Cl. The van der Waals surface area contributed by atoms with E-state index in [0.717, 1.165) is 5.56 Å². The lowest BCUT2D eigenvalue weighted by molar-refractivity contribution is 0.229. The van der Waals surface area contributed by atoms with Gasteiger partial charge >= 0.3 is 0 Å². The van der Waals surface area contributed by atoms with Gasteiger partial charge in [0, 0.05) is 0 Å². The molecular formula is C17H25Cl3OSi. The summed E-state index contributed by atoms with van der Waals surface area (Å²) in [6.45, 7) is 12.9. The van der Waals surface area contributed by atoms with Gasteiger partial charge in [-0.1, -0.05) is 92.0 Å². The number of hydrogen-bond acceptors (Lipinski definition) is 1. The summed E-state index contributed by atoms with van der Waals surface area (Å²) in [5, 5.41) is 0.0532. The monoisotopic (exact) mass is 378 g/mol. The van der Waals surface area contributed by atoms with Gasteiger partial charge in [0.1, 0.15) is 6.10 Å². The van der Waals surface area contributed by atoms with E-state index in [9.17, 15) is 0 Å². The predicted octanol–water partition coefficient (Wildman–Crippen LogP) is 6.77. The predicted molar refractivity (Wildman–Crippen MR) is 103 cm³/mol. The van der Waals surface area contributed by atoms with Crippen molar-refractivity contribution in [3.05, 3.63) is 41.5 Å². The molecule has 0 aliphatic carbocycles. The highest BCUT2D eigenvalue weighted by atomic mass is 35.6. The van der Waals surface area contributed by atoms with Crippen molar-refractivity contribution in [2.75, 3.05) is 0 Å². The lowest BCUT2D eigenvalue weighted by Crippen LogP contribution is -2.46. The van der Waals surface area contributed by atoms with Gasteiger partial charge in [-0.3, -0.25) is 0 Å². The second-order valence-electron chi connectivity index (χ2n) is 7.06. The van der Waals surface area contributed by atoms with Crippen LogP contribution in [0.15, 0.2) is 30.3 Å². The van der Waals surface area contributed by atoms with Gasteiger partial charge in [0.25, 0.3) is 0 Å². The zero-order chi connectivity index (χ0) is 17.2. The van der Waals surface area contributed by atoms with Crippen molar-refractivity contribution in [3.63, 3.8) is 0 Å². The molecule has 1 nitrogen and oxygen atoms in total. The second-order valence-corrected chi connectivity index (χ2v) is 14.2. The van der Waals surface area contributed by atoms with E-state index < -0.39 is 18.2 Å². The highest BCUT2D eigenvalue weighted by Crippen LogP contribution is 2.42. The molecule has 0 amide bonds. The molecule has 0 radical (unpaired) electrons. The molecule has 0 N–H and O–H groups in total. The first-order valence-electron chi connectivity index (χ1n) is 7.33. The second kappa shape index (κ2) is 7.27. The molecule has 0 aromatic heterocycles. The Kier molecular flexibility index (Phi) is 6.63. The molecule has 0 unspecified atom stereocenters. The van der Waals surface area contributed by atoms with E-state index in [1.54, 1.807) is 0 Å². The van der Waals surface area contributed by atoms with Crippen molar-refractivity contribution < 1.29 is 4.43 Å². The average molecular weight is 380 g/mol. The molecule has 1 rings (SSSR count). The fourth-order valence-electron chi connectivity index (χ4n) is 1.67. The maximum atomic E-state index is 6.28. The molecular weight excluding hydrogens is 355 g/mol. The summed E-state index contributed by atoms with van der Waals surface area (Å²) in [6, 6.07) is 8.09. The summed E-state index contributed by atoms with van der Waals surface area (Å²) in [4.78, 5) is 0. The molecule has 5 heteroatoms. The zero-order valence-corrected chi connectivity index (χ0v) is 17.4. The van der Waals surface area contributed by atoms with Crippen LogP contribution in [0.5, 0.6) is 0 Å². The number of alkyl halides is 3. The van der Waals surface area contributed by atoms with Gasteiger partial charge < -0.3 is 4.43 Å². The summed E-state index contributed by atoms with van der Waals surface area (Å²) in [5.41, 5.74) is 2.27. The fourth-order valence-corrected chi connectivity index (χ4v) is 3.49. The number of benzene rings is 1. The Morgan fingerprint density at radius 3 is 2.09 bits per heavy atom. The normalized spacial score (nSPS) is 15.3. The van der Waals surface area contributed by atoms with Crippen LogP contribution in [-0.4, -0.2) is 18.2 Å². The molecule has 0 fully saturated rings. The fraction of sp³-hybridized carbons (Fsp3) is 0.529. The summed E-state index contributed by atoms with van der Waals surface area (Å²) >= 11 is 18.4. The van der Waals surface area contributed by atoms with Crippen LogP contribution in [-0.2, 0) is 4.43 Å². The van der Waals surface area contributed by atoms with Gasteiger partial charge in [0.15, 0.2) is 8.32 Å². The first-order chi connectivity index (χ1) is 9.84. The van der Waals surface area contributed by atoms with Gasteiger partial charge in [-0.2, -0.15) is 0 Å². The Morgan fingerprint density at radius 1 is 1.09 bits per heavy atom. The van der Waals surface area contributed by atoms with Gasteiger partial charge in [0.2, 0.25) is 3.79 Å². The molecule has 22 heavy (non-hydrogen) atoms. The molecule has 0 spiro atoms. The summed E-state index contributed by atoms with van der Waals surface area (Å²) in [5.74, 6) is 0. The molecule has 0 saturated heterocycles. The van der Waals surface area contributed by atoms with E-state index in [1.807, 2.05) is 30.4 Å². The van der Waals surface area contributed by atoms with Crippen molar-refractivity contribution in [1.29, 1.82) is 0 Å². The highest BCUT2D eigenvalue weighted by molar-refractivity contribution is 6.74. The standard InChI is InChI=1S/C17H25Cl3OSi/c1-13-9-7-8-10-14(13)11-12-15(17(18,19)20)21-22(5,6)16(2,3)4/h7-12,15H,1-6H3/b12-11+/t15-/m0/s1. The van der Waals surface area contributed by atoms with E-state index in [2.05, 4.69) is 46.9 Å². The largest absolute Gasteiger partial charge is 0.406 e. The van der Waals surface area contributed by atoms with E-state index in [4.69, 9.17) is 39.2 Å². The average Bonchev–Trinajstić information content (AvgIpc) is 2.33. The van der Waals surface area contributed by atoms with Crippen LogP contribution in [0.2, 0.25) is 18.1 Å². The summed E-state index contributed by atoms with van der Waals surface area (Å²) in [6.07, 6.45) is 3.25. The van der Waals surface area contributed by atoms with Crippen molar-refractivity contribution >= 4 is 49.2 Å². The third-order valence-corrected chi connectivity index (χ3v) is 9.29. The smallest absolute Gasteiger partial charge is 0.218 e. The molecule has 1 atom stereocenters. The minimum Gasteiger partial charge on any atom is -0.406 e. The van der Waals surface area contributed by atoms with Crippen LogP contribution < -0.4 is 0 Å². The van der Waals surface area contributed by atoms with Crippen LogP contribution in [0.4, 0.5) is 0 Å². The first kappa shape index (κ1) is 20.1. The van der Waals surface area contributed by atoms with Gasteiger partial charge in [-0.15, -0.1) is 0 Å². The molecule has 124 valence electrons. The number of aryl methyl sites for hydroxylation is 1. The van der Waals surface area contributed by atoms with Crippen molar-refractivity contribution in [2.45, 2.75) is 55.7 Å². The Labute approximate surface area is 150 Å². The molecule has 0 aliphatic heterocycles. The van der Waals surface area contributed by atoms with Crippen LogP contribution in [0.1, 0.15) is 31.9 Å². The van der Waals surface area contributed by atoms with Crippen LogP contribution in [0.25, 0.3) is 6.08 Å². The van der Waals surface area contributed by atoms with E-state index in [0.29, 0.717) is 0 Å². The molecule has 0 heterocycles. The minimum atomic E-state index is -2.03. The van der Waals surface area contributed by atoms with E-state index in [-0.39, 0.29) is 5.04 Å². The zero-order valence-electron chi connectivity index (χ0n) is 14.1. The van der Waals surface area contributed by atoms with E-state index >= 15 is 0 Å². The lowest BCUT2D eigenvalue weighted by atomic mass is 10.1. The number of rotatable bonds is 4. The van der Waals surface area contributed by atoms with Crippen LogP contribution in [0.3, 0.4) is 0 Å². The van der Waals surface area contributed by atoms with Crippen LogP contribution >= 0.6 is 34.8 Å². The maximum Gasteiger partial charge on any atom is 0.218 e. The van der Waals surface area contributed by atoms with E-state index in [1.165, 1.54) is 5.56 Å². The number of hydrogen-bond donors (Lipinski definition) is 0. The Balaban J connectivity index is 3.04. The lowest BCUT2D eigenvalue weighted by Gasteiger charge is -2.40. The quantitative estimate of drug-likeness (QED) is 0.414. The molecule has 0 saturated carbocycles. The van der Waals surface area contributed by atoms with Gasteiger partial charge in [-0.05, 0) is 36.2 Å².